The van der Waals surface area contributed by atoms with Gasteiger partial charge in [-0.3, -0.25) is 14.9 Å². The number of nitrogens with one attached hydrogen (secondary N) is 1. The summed E-state index contributed by atoms with van der Waals surface area (Å²) in [5, 5.41) is 13.3. The van der Waals surface area contributed by atoms with Crippen molar-refractivity contribution in [2.75, 3.05) is 12.0 Å². The Balaban J connectivity index is 2.50. The van der Waals surface area contributed by atoms with Crippen molar-refractivity contribution in [3.05, 3.63) is 39.9 Å². The summed E-state index contributed by atoms with van der Waals surface area (Å²) in [6.07, 6.45) is 2.57. The summed E-state index contributed by atoms with van der Waals surface area (Å²) in [5.74, 6) is 0.589. The average Bonchev–Trinajstić information content (AvgIpc) is 2.42. The molecule has 0 saturated heterocycles. The number of rotatable bonds is 7. The van der Waals surface area contributed by atoms with Crippen LogP contribution in [0, 0.1) is 10.1 Å². The number of benzene rings is 1. The van der Waals surface area contributed by atoms with Gasteiger partial charge in [0.25, 0.3) is 5.69 Å². The number of nitrogens with zero attached hydrogens (tertiary/aromatic N) is 1. The van der Waals surface area contributed by atoms with Crippen LogP contribution in [0.3, 0.4) is 0 Å². The Morgan fingerprint density at radius 1 is 1.58 bits per heavy atom. The molecule has 0 aromatic heterocycles. The molecule has 7 heteroatoms. The highest BCUT2D eigenvalue weighted by Gasteiger charge is 2.13. The van der Waals surface area contributed by atoms with Crippen molar-refractivity contribution >= 4 is 23.4 Å². The second kappa shape index (κ2) is 7.75. The van der Waals surface area contributed by atoms with Crippen LogP contribution in [0.25, 0.3) is 0 Å². The van der Waals surface area contributed by atoms with Gasteiger partial charge < -0.3 is 11.1 Å². The zero-order valence-electron chi connectivity index (χ0n) is 10.7. The van der Waals surface area contributed by atoms with Crippen molar-refractivity contribution in [3.8, 4) is 0 Å². The summed E-state index contributed by atoms with van der Waals surface area (Å²) in [4.78, 5) is 21.8. The second-order valence-corrected chi connectivity index (χ2v) is 5.02. The molecule has 0 unspecified atom stereocenters. The van der Waals surface area contributed by atoms with Gasteiger partial charge in [-0.05, 0) is 24.0 Å². The fraction of sp³-hybridized carbons (Fsp3) is 0.417. The van der Waals surface area contributed by atoms with Gasteiger partial charge in [0.15, 0.2) is 0 Å². The minimum Gasteiger partial charge on any atom is -0.351 e. The third-order valence-corrected chi connectivity index (χ3v) is 3.20. The van der Waals surface area contributed by atoms with Crippen LogP contribution in [0.5, 0.6) is 0 Å². The first kappa shape index (κ1) is 15.5. The Hall–Kier alpha value is -1.60. The summed E-state index contributed by atoms with van der Waals surface area (Å²) in [6.45, 7) is 0.244. The summed E-state index contributed by atoms with van der Waals surface area (Å²) >= 11 is 1.63. The molecule has 19 heavy (non-hydrogen) atoms. The van der Waals surface area contributed by atoms with Crippen LogP contribution in [0.1, 0.15) is 12.0 Å². The Kier molecular flexibility index (Phi) is 6.31. The van der Waals surface area contributed by atoms with E-state index in [9.17, 15) is 14.9 Å². The van der Waals surface area contributed by atoms with Crippen LogP contribution >= 0.6 is 11.8 Å². The van der Waals surface area contributed by atoms with Crippen LogP contribution < -0.4 is 11.1 Å². The van der Waals surface area contributed by atoms with E-state index in [4.69, 9.17) is 5.73 Å². The van der Waals surface area contributed by atoms with Crippen LogP contribution in [-0.2, 0) is 11.3 Å². The molecule has 0 aliphatic carbocycles. The van der Waals surface area contributed by atoms with Crippen molar-refractivity contribution in [2.24, 2.45) is 5.73 Å². The number of hydrogen-bond donors (Lipinski definition) is 2. The first-order chi connectivity index (χ1) is 9.04. The quantitative estimate of drug-likeness (QED) is 0.580. The van der Waals surface area contributed by atoms with Gasteiger partial charge >= 0.3 is 0 Å². The first-order valence-electron chi connectivity index (χ1n) is 5.80. The highest BCUT2D eigenvalue weighted by molar-refractivity contribution is 7.98. The fourth-order valence-corrected chi connectivity index (χ4v) is 1.97. The van der Waals surface area contributed by atoms with E-state index in [1.807, 2.05) is 6.26 Å². The van der Waals surface area contributed by atoms with Gasteiger partial charge in [-0.2, -0.15) is 11.8 Å². The van der Waals surface area contributed by atoms with Gasteiger partial charge in [0.05, 0.1) is 11.0 Å². The van der Waals surface area contributed by atoms with E-state index in [1.165, 1.54) is 12.1 Å². The number of hydrogen-bond acceptors (Lipinski definition) is 5. The van der Waals surface area contributed by atoms with Gasteiger partial charge in [-0.1, -0.05) is 12.1 Å². The van der Waals surface area contributed by atoms with Crippen molar-refractivity contribution < 1.29 is 9.72 Å². The van der Waals surface area contributed by atoms with Gasteiger partial charge in [0.2, 0.25) is 5.91 Å². The normalized spacial score (nSPS) is 11.9. The Morgan fingerprint density at radius 3 is 2.95 bits per heavy atom. The third-order valence-electron chi connectivity index (χ3n) is 2.56. The van der Waals surface area contributed by atoms with Crippen molar-refractivity contribution in [1.82, 2.24) is 5.32 Å². The van der Waals surface area contributed by atoms with Crippen LogP contribution in [0.15, 0.2) is 24.3 Å². The molecule has 1 amide bonds. The first-order valence-corrected chi connectivity index (χ1v) is 7.19. The maximum absolute atomic E-state index is 11.7. The summed E-state index contributed by atoms with van der Waals surface area (Å²) in [5.41, 5.74) is 6.40. The largest absolute Gasteiger partial charge is 0.351 e. The molecule has 0 heterocycles. The predicted molar refractivity (Wildman–Crippen MR) is 75.9 cm³/mol. The molecule has 0 aliphatic rings. The molecule has 0 radical (unpaired) electrons. The molecular weight excluding hydrogens is 266 g/mol. The zero-order chi connectivity index (χ0) is 14.3. The number of carbonyl (C=O) groups is 1. The number of amides is 1. The number of nitrogens with two attached hydrogens (primary N) is 1. The standard InChI is InChI=1S/C12H17N3O3S/c1-19-6-5-11(13)12(16)14-8-9-3-2-4-10(7-9)15(17)18/h2-4,7,11H,5-6,8,13H2,1H3,(H,14,16)/t11-/m0/s1. The lowest BCUT2D eigenvalue weighted by Gasteiger charge is -2.11. The summed E-state index contributed by atoms with van der Waals surface area (Å²) in [7, 11) is 0. The second-order valence-electron chi connectivity index (χ2n) is 4.03. The smallest absolute Gasteiger partial charge is 0.269 e. The molecule has 3 N–H and O–H groups in total. The average molecular weight is 283 g/mol. The summed E-state index contributed by atoms with van der Waals surface area (Å²) < 4.78 is 0. The summed E-state index contributed by atoms with van der Waals surface area (Å²) in [6, 6.07) is 5.63. The van der Waals surface area contributed by atoms with E-state index in [0.717, 1.165) is 5.75 Å². The maximum Gasteiger partial charge on any atom is 0.269 e. The van der Waals surface area contributed by atoms with Gasteiger partial charge in [0.1, 0.15) is 0 Å². The molecule has 0 saturated carbocycles. The van der Waals surface area contributed by atoms with Crippen molar-refractivity contribution in [2.45, 2.75) is 19.0 Å². The molecule has 0 bridgehead atoms. The molecule has 0 aliphatic heterocycles. The number of nitro groups is 1. The topological polar surface area (TPSA) is 98.3 Å². The maximum atomic E-state index is 11.7. The lowest BCUT2D eigenvalue weighted by molar-refractivity contribution is -0.384. The molecule has 0 fully saturated rings. The lowest BCUT2D eigenvalue weighted by Crippen LogP contribution is -2.40. The number of nitro benzene ring substituents is 1. The SMILES string of the molecule is CSCC[C@H](N)C(=O)NCc1cccc([N+](=O)[O-])c1. The number of non-ortho nitro benzene ring substituents is 1. The highest BCUT2D eigenvalue weighted by Crippen LogP contribution is 2.12. The Bertz CT molecular complexity index is 454. The zero-order valence-corrected chi connectivity index (χ0v) is 11.5. The van der Waals surface area contributed by atoms with Crippen LogP contribution in [-0.4, -0.2) is 28.9 Å². The third kappa shape index (κ3) is 5.27. The lowest BCUT2D eigenvalue weighted by atomic mass is 10.2. The Morgan fingerprint density at radius 2 is 2.32 bits per heavy atom. The predicted octanol–water partition coefficient (Wildman–Crippen LogP) is 1.29. The minimum atomic E-state index is -0.536. The highest BCUT2D eigenvalue weighted by atomic mass is 32.2. The van der Waals surface area contributed by atoms with Crippen LogP contribution in [0.4, 0.5) is 5.69 Å². The Labute approximate surface area is 115 Å². The minimum absolute atomic E-state index is 0.0124. The molecule has 6 nitrogen and oxygen atoms in total. The number of carbonyl (C=O) groups excluding carboxylic acids is 1. The number of thioether (sulfide) groups is 1. The van der Waals surface area contributed by atoms with E-state index in [2.05, 4.69) is 5.32 Å². The molecule has 1 aromatic carbocycles. The fourth-order valence-electron chi connectivity index (χ4n) is 1.48. The van der Waals surface area contributed by atoms with Crippen LogP contribution in [0.2, 0.25) is 0 Å². The van der Waals surface area contributed by atoms with E-state index in [-0.39, 0.29) is 18.1 Å². The van der Waals surface area contributed by atoms with E-state index < -0.39 is 11.0 Å². The molecule has 104 valence electrons. The van der Waals surface area contributed by atoms with E-state index >= 15 is 0 Å². The molecule has 1 atom stereocenters. The molecule has 1 rings (SSSR count). The van der Waals surface area contributed by atoms with Gasteiger partial charge in [-0.25, -0.2) is 0 Å². The van der Waals surface area contributed by atoms with Gasteiger partial charge in [0, 0.05) is 18.7 Å². The van der Waals surface area contributed by atoms with Crippen molar-refractivity contribution in [1.29, 1.82) is 0 Å². The van der Waals surface area contributed by atoms with Crippen molar-refractivity contribution in [3.63, 3.8) is 0 Å². The molecule has 1 aromatic rings. The monoisotopic (exact) mass is 283 g/mol. The molecular formula is C12H17N3O3S. The molecule has 0 spiro atoms. The van der Waals surface area contributed by atoms with E-state index in [0.29, 0.717) is 12.0 Å². The van der Waals surface area contributed by atoms with E-state index in [1.54, 1.807) is 23.9 Å². The van der Waals surface area contributed by atoms with Gasteiger partial charge in [-0.15, -0.1) is 0 Å².